The Bertz CT molecular complexity index is 232. The van der Waals surface area contributed by atoms with Gasteiger partial charge in [0.2, 0.25) is 5.91 Å². The summed E-state index contributed by atoms with van der Waals surface area (Å²) in [6.45, 7) is 4.59. The van der Waals surface area contributed by atoms with Crippen LogP contribution in [0.2, 0.25) is 0 Å². The molecule has 1 aliphatic heterocycles. The quantitative estimate of drug-likeness (QED) is 0.754. The van der Waals surface area contributed by atoms with E-state index in [2.05, 4.69) is 4.90 Å². The van der Waals surface area contributed by atoms with Gasteiger partial charge >= 0.3 is 0 Å². The first-order valence-electron chi connectivity index (χ1n) is 6.53. The molecule has 4 nitrogen and oxygen atoms in total. The number of carbonyl (C=O) groups is 1. The first-order valence-corrected chi connectivity index (χ1v) is 6.53. The highest BCUT2D eigenvalue weighted by atomic mass is 16.2. The fourth-order valence-electron chi connectivity index (χ4n) is 2.50. The number of nitrogens with zero attached hydrogens (tertiary/aromatic N) is 2. The van der Waals surface area contributed by atoms with Crippen LogP contribution in [0.4, 0.5) is 0 Å². The van der Waals surface area contributed by atoms with Crippen LogP contribution in [0.15, 0.2) is 0 Å². The predicted octanol–water partition coefficient (Wildman–Crippen LogP) is 0.422. The minimum Gasteiger partial charge on any atom is -0.340 e. The molecule has 4 heteroatoms. The summed E-state index contributed by atoms with van der Waals surface area (Å²) in [6.07, 6.45) is 5.56. The minimum atomic E-state index is 0.290. The molecule has 1 heterocycles. The van der Waals surface area contributed by atoms with E-state index in [4.69, 9.17) is 5.73 Å². The second-order valence-corrected chi connectivity index (χ2v) is 4.89. The molecule has 1 saturated carbocycles. The van der Waals surface area contributed by atoms with Crippen LogP contribution in [0.25, 0.3) is 0 Å². The molecule has 1 amide bonds. The van der Waals surface area contributed by atoms with Crippen molar-refractivity contribution < 1.29 is 4.79 Å². The molecule has 0 aromatic rings. The Morgan fingerprint density at radius 3 is 2.38 bits per heavy atom. The van der Waals surface area contributed by atoms with Crippen molar-refractivity contribution in [3.63, 3.8) is 0 Å². The zero-order valence-electron chi connectivity index (χ0n) is 10.0. The molecule has 0 aromatic heterocycles. The second-order valence-electron chi connectivity index (χ2n) is 4.89. The highest BCUT2D eigenvalue weighted by Gasteiger charge is 2.28. The van der Waals surface area contributed by atoms with Crippen molar-refractivity contribution in [1.82, 2.24) is 9.80 Å². The summed E-state index contributed by atoms with van der Waals surface area (Å²) in [4.78, 5) is 16.3. The number of hydrogen-bond acceptors (Lipinski definition) is 3. The first-order chi connectivity index (χ1) is 7.81. The van der Waals surface area contributed by atoms with Crippen LogP contribution in [0.1, 0.15) is 32.1 Å². The maximum atomic E-state index is 11.8. The van der Waals surface area contributed by atoms with E-state index in [0.717, 1.165) is 38.6 Å². The molecule has 2 fully saturated rings. The lowest BCUT2D eigenvalue weighted by atomic mass is 9.91. The molecule has 0 radical (unpaired) electrons. The molecular weight excluding hydrogens is 202 g/mol. The summed E-state index contributed by atoms with van der Waals surface area (Å²) in [7, 11) is 0. The standard InChI is InChI=1S/C12H23N3O/c13-6-2-5-12(16)15-9-7-14(8-10-15)11-3-1-4-11/h11H,1-10,13H2. The Morgan fingerprint density at radius 1 is 1.19 bits per heavy atom. The van der Waals surface area contributed by atoms with Crippen LogP contribution in [0.3, 0.4) is 0 Å². The molecule has 0 atom stereocenters. The Labute approximate surface area is 97.8 Å². The smallest absolute Gasteiger partial charge is 0.222 e. The molecular formula is C12H23N3O. The molecule has 1 aliphatic carbocycles. The zero-order valence-corrected chi connectivity index (χ0v) is 10.0. The van der Waals surface area contributed by atoms with Crippen molar-refractivity contribution in [2.24, 2.45) is 5.73 Å². The third-order valence-electron chi connectivity index (χ3n) is 3.85. The molecule has 0 spiro atoms. The SMILES string of the molecule is NCCCC(=O)N1CCN(C2CCC2)CC1. The monoisotopic (exact) mass is 225 g/mol. The van der Waals surface area contributed by atoms with Gasteiger partial charge in [0.25, 0.3) is 0 Å². The molecule has 16 heavy (non-hydrogen) atoms. The van der Waals surface area contributed by atoms with Crippen molar-refractivity contribution in [3.05, 3.63) is 0 Å². The van der Waals surface area contributed by atoms with Gasteiger partial charge in [-0.1, -0.05) is 6.42 Å². The predicted molar refractivity (Wildman–Crippen MR) is 64.1 cm³/mol. The summed E-state index contributed by atoms with van der Waals surface area (Å²) in [6, 6.07) is 0.821. The highest BCUT2D eigenvalue weighted by molar-refractivity contribution is 5.76. The topological polar surface area (TPSA) is 49.6 Å². The van der Waals surface area contributed by atoms with Gasteiger partial charge in [-0.3, -0.25) is 9.69 Å². The van der Waals surface area contributed by atoms with Crippen LogP contribution in [-0.4, -0.2) is 54.5 Å². The average molecular weight is 225 g/mol. The van der Waals surface area contributed by atoms with Gasteiger partial charge in [-0.05, 0) is 25.8 Å². The van der Waals surface area contributed by atoms with Crippen molar-refractivity contribution in [1.29, 1.82) is 0 Å². The lowest BCUT2D eigenvalue weighted by molar-refractivity contribution is -0.133. The molecule has 2 N–H and O–H groups in total. The van der Waals surface area contributed by atoms with Crippen molar-refractivity contribution in [2.75, 3.05) is 32.7 Å². The van der Waals surface area contributed by atoms with Crippen LogP contribution in [0, 0.1) is 0 Å². The van der Waals surface area contributed by atoms with Crippen LogP contribution in [-0.2, 0) is 4.79 Å². The molecule has 0 aromatic carbocycles. The van der Waals surface area contributed by atoms with Crippen LogP contribution in [0.5, 0.6) is 0 Å². The summed E-state index contributed by atoms with van der Waals surface area (Å²) in [5.41, 5.74) is 5.41. The van der Waals surface area contributed by atoms with Gasteiger partial charge in [-0.25, -0.2) is 0 Å². The fraction of sp³-hybridized carbons (Fsp3) is 0.917. The Morgan fingerprint density at radius 2 is 1.88 bits per heavy atom. The number of amides is 1. The number of hydrogen-bond donors (Lipinski definition) is 1. The lowest BCUT2D eigenvalue weighted by Gasteiger charge is -2.43. The summed E-state index contributed by atoms with van der Waals surface area (Å²) in [5, 5.41) is 0. The van der Waals surface area contributed by atoms with E-state index >= 15 is 0 Å². The van der Waals surface area contributed by atoms with Gasteiger partial charge in [0, 0.05) is 38.6 Å². The minimum absolute atomic E-state index is 0.290. The van der Waals surface area contributed by atoms with Gasteiger partial charge in [0.1, 0.15) is 0 Å². The van der Waals surface area contributed by atoms with E-state index in [0.29, 0.717) is 18.9 Å². The Kier molecular flexibility index (Phi) is 4.18. The van der Waals surface area contributed by atoms with Crippen molar-refractivity contribution in [3.8, 4) is 0 Å². The van der Waals surface area contributed by atoms with E-state index < -0.39 is 0 Å². The molecule has 0 bridgehead atoms. The largest absolute Gasteiger partial charge is 0.340 e. The van der Waals surface area contributed by atoms with Gasteiger partial charge < -0.3 is 10.6 Å². The summed E-state index contributed by atoms with van der Waals surface area (Å²) in [5.74, 6) is 0.290. The summed E-state index contributed by atoms with van der Waals surface area (Å²) < 4.78 is 0. The third kappa shape index (κ3) is 2.74. The Balaban J connectivity index is 1.69. The van der Waals surface area contributed by atoms with Crippen LogP contribution >= 0.6 is 0 Å². The number of nitrogens with two attached hydrogens (primary N) is 1. The number of carbonyl (C=O) groups excluding carboxylic acids is 1. The van der Waals surface area contributed by atoms with Crippen LogP contribution < -0.4 is 5.73 Å². The van der Waals surface area contributed by atoms with E-state index in [1.807, 2.05) is 4.90 Å². The van der Waals surface area contributed by atoms with Gasteiger partial charge in [0.15, 0.2) is 0 Å². The zero-order chi connectivity index (χ0) is 11.4. The first kappa shape index (κ1) is 11.9. The second kappa shape index (κ2) is 5.64. The van der Waals surface area contributed by atoms with Gasteiger partial charge in [-0.2, -0.15) is 0 Å². The van der Waals surface area contributed by atoms with E-state index in [9.17, 15) is 4.79 Å². The van der Waals surface area contributed by atoms with E-state index in [1.54, 1.807) is 0 Å². The highest BCUT2D eigenvalue weighted by Crippen LogP contribution is 2.25. The Hall–Kier alpha value is -0.610. The van der Waals surface area contributed by atoms with Gasteiger partial charge in [-0.15, -0.1) is 0 Å². The third-order valence-corrected chi connectivity index (χ3v) is 3.85. The average Bonchev–Trinajstić information content (AvgIpc) is 2.24. The van der Waals surface area contributed by atoms with E-state index in [1.165, 1.54) is 19.3 Å². The molecule has 0 unspecified atom stereocenters. The maximum Gasteiger partial charge on any atom is 0.222 e. The lowest BCUT2D eigenvalue weighted by Crippen LogP contribution is -2.53. The maximum absolute atomic E-state index is 11.8. The van der Waals surface area contributed by atoms with Crippen molar-refractivity contribution >= 4 is 5.91 Å². The fourth-order valence-corrected chi connectivity index (χ4v) is 2.50. The van der Waals surface area contributed by atoms with Crippen molar-refractivity contribution in [2.45, 2.75) is 38.1 Å². The van der Waals surface area contributed by atoms with Gasteiger partial charge in [0.05, 0.1) is 0 Å². The van der Waals surface area contributed by atoms with E-state index in [-0.39, 0.29) is 0 Å². The molecule has 2 aliphatic rings. The molecule has 92 valence electrons. The molecule has 2 rings (SSSR count). The number of rotatable bonds is 4. The summed E-state index contributed by atoms with van der Waals surface area (Å²) >= 11 is 0. The number of piperazine rings is 1. The normalized spacial score (nSPS) is 23.2. The molecule has 1 saturated heterocycles.